The molecular weight excluding hydrogens is 759 g/mol. The Bertz CT molecular complexity index is 1870. The molecule has 2 heterocycles. The van der Waals surface area contributed by atoms with Gasteiger partial charge < -0.3 is 14.8 Å². The molecule has 1 N–H and O–H groups in total. The summed E-state index contributed by atoms with van der Waals surface area (Å²) in [5.74, 6) is 3.30. The molecule has 0 saturated heterocycles. The zero-order valence-corrected chi connectivity index (χ0v) is 30.5. The number of para-hydroxylation sites is 1. The van der Waals surface area contributed by atoms with E-state index in [-0.39, 0.29) is 31.6 Å². The molecule has 47 heavy (non-hydrogen) atoms. The van der Waals surface area contributed by atoms with Crippen LogP contribution in [0.15, 0.2) is 103 Å². The summed E-state index contributed by atoms with van der Waals surface area (Å²) >= 11 is 0. The van der Waals surface area contributed by atoms with Gasteiger partial charge in [0.1, 0.15) is 5.75 Å². The van der Waals surface area contributed by atoms with E-state index in [0.717, 1.165) is 51.3 Å². The average Bonchev–Trinajstić information content (AvgIpc) is 3.14. The standard InChI is InChI=1S/C31H24NO.C11H20O2.Ir/c1-20(2)17-21-11-13-24-22(18-21)15-16-32-31(24)23-12-14-28-26-8-4-3-7-25(26)27-9-5-6-10-29(27)33-30(28)19-23;1-8(2)5-10(12)7-11(13)6-9(3)4;/h3-11,13-16,18-20H,17H2,1-2H3;7-9,12H,5-6H2,1-4H3;/q-1;;/b;10-7-;. The number of hydrogen-bond donors (Lipinski definition) is 1. The maximum atomic E-state index is 11.2. The topological polar surface area (TPSA) is 59.4 Å². The predicted octanol–water partition coefficient (Wildman–Crippen LogP) is 11.4. The number of carbonyl (C=O) groups excluding carboxylic acids is 1. The van der Waals surface area contributed by atoms with Crippen molar-refractivity contribution in [3.8, 4) is 45.0 Å². The number of ether oxygens (including phenoxy) is 1. The van der Waals surface area contributed by atoms with Crippen molar-refractivity contribution >= 4 is 16.6 Å². The van der Waals surface area contributed by atoms with Crippen molar-refractivity contribution in [3.63, 3.8) is 0 Å². The largest absolute Gasteiger partial charge is 0.512 e. The van der Waals surface area contributed by atoms with Crippen LogP contribution in [0.25, 0.3) is 44.3 Å². The van der Waals surface area contributed by atoms with Crippen LogP contribution in [-0.2, 0) is 31.3 Å². The van der Waals surface area contributed by atoms with E-state index < -0.39 is 0 Å². The molecule has 0 bridgehead atoms. The molecule has 0 atom stereocenters. The fraction of sp³-hybridized carbons (Fsp3) is 0.286. The van der Waals surface area contributed by atoms with Crippen LogP contribution in [0.2, 0.25) is 0 Å². The molecule has 0 amide bonds. The van der Waals surface area contributed by atoms with Crippen LogP contribution < -0.4 is 4.74 Å². The smallest absolute Gasteiger partial charge is 0.159 e. The van der Waals surface area contributed by atoms with E-state index in [1.807, 2.05) is 52.1 Å². The van der Waals surface area contributed by atoms with Crippen LogP contribution in [0.3, 0.4) is 0 Å². The van der Waals surface area contributed by atoms with Gasteiger partial charge in [0, 0.05) is 50.8 Å². The van der Waals surface area contributed by atoms with Gasteiger partial charge in [-0.15, -0.1) is 17.7 Å². The molecule has 5 heteroatoms. The molecule has 1 aliphatic rings. The normalized spacial score (nSPS) is 11.9. The minimum Gasteiger partial charge on any atom is -0.512 e. The molecule has 0 fully saturated rings. The summed E-state index contributed by atoms with van der Waals surface area (Å²) in [7, 11) is 0. The molecule has 0 spiro atoms. The third kappa shape index (κ3) is 9.06. The fourth-order valence-electron chi connectivity index (χ4n) is 5.92. The number of allylic oxidation sites excluding steroid dienone is 2. The van der Waals surface area contributed by atoms with Crippen LogP contribution >= 0.6 is 0 Å². The monoisotopic (exact) mass is 803 g/mol. The van der Waals surface area contributed by atoms with E-state index in [2.05, 4.69) is 86.6 Å². The number of ketones is 1. The van der Waals surface area contributed by atoms with Gasteiger partial charge in [-0.2, -0.15) is 0 Å². The second-order valence-electron chi connectivity index (χ2n) is 13.4. The zero-order valence-electron chi connectivity index (χ0n) is 28.1. The van der Waals surface area contributed by atoms with Crippen molar-refractivity contribution in [2.75, 3.05) is 0 Å². The Balaban J connectivity index is 0.000000307. The Morgan fingerprint density at radius 1 is 0.787 bits per heavy atom. The van der Waals surface area contributed by atoms with Gasteiger partial charge in [0.2, 0.25) is 0 Å². The summed E-state index contributed by atoms with van der Waals surface area (Å²) in [6.07, 6.45) is 5.43. The van der Waals surface area contributed by atoms with E-state index in [1.165, 1.54) is 22.6 Å². The van der Waals surface area contributed by atoms with Crippen molar-refractivity contribution in [1.29, 1.82) is 0 Å². The van der Waals surface area contributed by atoms with Crippen molar-refractivity contribution in [1.82, 2.24) is 4.98 Å². The molecule has 6 rings (SSSR count). The fourth-order valence-corrected chi connectivity index (χ4v) is 5.92. The van der Waals surface area contributed by atoms with Crippen molar-refractivity contribution in [3.05, 3.63) is 115 Å². The molecule has 0 saturated carbocycles. The van der Waals surface area contributed by atoms with Gasteiger partial charge in [-0.3, -0.25) is 4.79 Å². The minimum atomic E-state index is 0. The average molecular weight is 803 g/mol. The van der Waals surface area contributed by atoms with Crippen LogP contribution in [-0.4, -0.2) is 15.9 Å². The molecule has 1 radical (unpaired) electrons. The number of rotatable bonds is 8. The van der Waals surface area contributed by atoms with E-state index in [0.29, 0.717) is 30.6 Å². The molecule has 5 aromatic rings. The molecular formula is C42H44IrNO3-. The zero-order chi connectivity index (χ0) is 32.8. The van der Waals surface area contributed by atoms with Gasteiger partial charge >= 0.3 is 0 Å². The quantitative estimate of drug-likeness (QED) is 0.0946. The van der Waals surface area contributed by atoms with Crippen LogP contribution in [0.5, 0.6) is 11.5 Å². The number of aromatic nitrogens is 1. The summed E-state index contributed by atoms with van der Waals surface area (Å²) in [4.78, 5) is 16.0. The van der Waals surface area contributed by atoms with Gasteiger partial charge in [0.25, 0.3) is 0 Å². The number of hydrogen-bond acceptors (Lipinski definition) is 4. The molecule has 0 unspecified atom stereocenters. The molecule has 245 valence electrons. The number of nitrogens with zero attached hydrogens (tertiary/aromatic N) is 1. The Hall–Kier alpha value is -4.05. The number of aliphatic hydroxyl groups is 1. The number of benzene rings is 4. The number of carbonyl (C=O) groups is 1. The second-order valence-corrected chi connectivity index (χ2v) is 13.4. The first-order valence-corrected chi connectivity index (χ1v) is 16.3. The van der Waals surface area contributed by atoms with E-state index >= 15 is 0 Å². The van der Waals surface area contributed by atoms with Gasteiger partial charge in [-0.25, -0.2) is 0 Å². The Labute approximate surface area is 293 Å². The molecule has 4 nitrogen and oxygen atoms in total. The van der Waals surface area contributed by atoms with Crippen molar-refractivity contribution in [2.24, 2.45) is 17.8 Å². The van der Waals surface area contributed by atoms with Gasteiger partial charge in [0.05, 0.1) is 11.5 Å². The van der Waals surface area contributed by atoms with Crippen LogP contribution in [0.1, 0.15) is 59.9 Å². The first-order valence-electron chi connectivity index (χ1n) is 16.3. The summed E-state index contributed by atoms with van der Waals surface area (Å²) in [5, 5.41) is 11.7. The minimum absolute atomic E-state index is 0. The summed E-state index contributed by atoms with van der Waals surface area (Å²) < 4.78 is 6.47. The first kappa shape index (κ1) is 35.8. The molecule has 0 aliphatic carbocycles. The van der Waals surface area contributed by atoms with Gasteiger partial charge in [0.15, 0.2) is 5.78 Å². The maximum absolute atomic E-state index is 11.2. The van der Waals surface area contributed by atoms with Crippen LogP contribution in [0.4, 0.5) is 0 Å². The van der Waals surface area contributed by atoms with Crippen molar-refractivity contribution < 1.29 is 34.7 Å². The van der Waals surface area contributed by atoms with E-state index in [9.17, 15) is 9.90 Å². The summed E-state index contributed by atoms with van der Waals surface area (Å²) in [6, 6.07) is 33.1. The Morgan fingerprint density at radius 3 is 2.13 bits per heavy atom. The Kier molecular flexibility index (Phi) is 12.3. The third-order valence-corrected chi connectivity index (χ3v) is 7.81. The molecule has 1 aromatic heterocycles. The third-order valence-electron chi connectivity index (χ3n) is 7.81. The predicted molar refractivity (Wildman–Crippen MR) is 190 cm³/mol. The number of pyridine rings is 1. The second kappa shape index (κ2) is 16.2. The summed E-state index contributed by atoms with van der Waals surface area (Å²) in [5.41, 5.74) is 7.71. The van der Waals surface area contributed by atoms with Gasteiger partial charge in [-0.1, -0.05) is 114 Å². The van der Waals surface area contributed by atoms with Gasteiger partial charge in [-0.05, 0) is 69.5 Å². The van der Waals surface area contributed by atoms with E-state index in [4.69, 9.17) is 9.72 Å². The first-order chi connectivity index (χ1) is 22.1. The maximum Gasteiger partial charge on any atom is 0.159 e. The Morgan fingerprint density at radius 2 is 1.45 bits per heavy atom. The SMILES string of the molecule is CC(C)CC(=O)/C=C(\O)CC(C)C.CC(C)Cc1ccc2c(-c3[c-]cc4c(c3)Oc3ccccc3-c3ccccc3-4)nccc2c1.[Ir]. The van der Waals surface area contributed by atoms with Crippen molar-refractivity contribution in [2.45, 2.75) is 60.8 Å². The summed E-state index contributed by atoms with van der Waals surface area (Å²) in [6.45, 7) is 12.5. The number of aliphatic hydroxyl groups excluding tert-OH is 1. The molecule has 4 aromatic carbocycles. The van der Waals surface area contributed by atoms with E-state index in [1.54, 1.807) is 0 Å². The van der Waals surface area contributed by atoms with Crippen LogP contribution in [0, 0.1) is 23.8 Å². The number of fused-ring (bicyclic) bond motifs is 6. The molecule has 1 aliphatic heterocycles.